The molecule has 1 amide bonds. The van der Waals surface area contributed by atoms with Gasteiger partial charge < -0.3 is 9.64 Å². The van der Waals surface area contributed by atoms with Crippen LogP contribution < -0.4 is 5.48 Å². The van der Waals surface area contributed by atoms with Crippen molar-refractivity contribution >= 4 is 17.8 Å². The number of benzene rings is 1. The lowest BCUT2D eigenvalue weighted by molar-refractivity contribution is -0.164. The minimum absolute atomic E-state index is 0.229. The first kappa shape index (κ1) is 20.8. The molecule has 1 aromatic carbocycles. The van der Waals surface area contributed by atoms with Gasteiger partial charge in [0, 0.05) is 12.6 Å². The first-order chi connectivity index (χ1) is 12.8. The smallest absolute Gasteiger partial charge is 0.329 e. The molecule has 0 spiro atoms. The zero-order valence-corrected chi connectivity index (χ0v) is 15.9. The molecule has 0 bridgehead atoms. The van der Waals surface area contributed by atoms with Crippen molar-refractivity contribution in [2.75, 3.05) is 6.54 Å². The average molecular weight is 374 g/mol. The van der Waals surface area contributed by atoms with Gasteiger partial charge in [0.05, 0.1) is 6.61 Å². The Morgan fingerprint density at radius 3 is 2.67 bits per heavy atom. The molecular weight excluding hydrogens is 348 g/mol. The first-order valence-electron chi connectivity index (χ1n) is 8.97. The van der Waals surface area contributed by atoms with E-state index in [-0.39, 0.29) is 6.61 Å². The number of hydrogen-bond donors (Lipinski definition) is 1. The van der Waals surface area contributed by atoms with Crippen LogP contribution in [0.15, 0.2) is 36.4 Å². The molecule has 1 aromatic rings. The van der Waals surface area contributed by atoms with E-state index in [1.807, 2.05) is 30.3 Å². The number of carbonyl (C=O) groups is 2. The number of nitrogens with one attached hydrogen (secondary N) is 1. The molecule has 1 heterocycles. The van der Waals surface area contributed by atoms with Gasteiger partial charge in [0.1, 0.15) is 23.6 Å². The normalized spacial score (nSPS) is 17.9. The van der Waals surface area contributed by atoms with Gasteiger partial charge in [-0.05, 0) is 39.2 Å². The predicted molar refractivity (Wildman–Crippen MR) is 99.0 cm³/mol. The number of esters is 1. The van der Waals surface area contributed by atoms with Gasteiger partial charge in [-0.25, -0.2) is 9.59 Å². The van der Waals surface area contributed by atoms with E-state index in [0.717, 1.165) is 11.6 Å². The van der Waals surface area contributed by atoms with E-state index < -0.39 is 29.6 Å². The van der Waals surface area contributed by atoms with Crippen LogP contribution in [0.1, 0.15) is 39.2 Å². The summed E-state index contributed by atoms with van der Waals surface area (Å²) in [5, 5.41) is 0. The van der Waals surface area contributed by atoms with Gasteiger partial charge in [-0.1, -0.05) is 30.3 Å². The Hall–Kier alpha value is -2.47. The minimum Gasteiger partial charge on any atom is -0.458 e. The van der Waals surface area contributed by atoms with Crippen LogP contribution in [0.3, 0.4) is 0 Å². The third-order valence-corrected chi connectivity index (χ3v) is 4.01. The van der Waals surface area contributed by atoms with Crippen molar-refractivity contribution < 1.29 is 24.0 Å². The van der Waals surface area contributed by atoms with Crippen LogP contribution in [-0.4, -0.2) is 46.9 Å². The van der Waals surface area contributed by atoms with Crippen LogP contribution >= 0.6 is 0 Å². The highest BCUT2D eigenvalue weighted by atomic mass is 16.6. The maximum Gasteiger partial charge on any atom is 0.329 e. The second-order valence-corrected chi connectivity index (χ2v) is 7.38. The molecule has 1 aliphatic heterocycles. The van der Waals surface area contributed by atoms with Gasteiger partial charge in [0.25, 0.3) is 0 Å². The summed E-state index contributed by atoms with van der Waals surface area (Å²) >= 11 is 0. The van der Waals surface area contributed by atoms with Crippen molar-refractivity contribution in [3.63, 3.8) is 0 Å². The molecule has 7 heteroatoms. The zero-order chi connectivity index (χ0) is 19.9. The standard InChI is InChI=1S/C20H26N2O5/c1-20(2,3)27-19(25)17-10-7-12-22(17)18(24)16(11-13-23)21-26-14-15-8-5-4-6-9-15/h4-6,8-9,11,16-17,21H,7,10,12,14H2,1-3H3/t16-,17-/m0/s1. The molecule has 27 heavy (non-hydrogen) atoms. The molecule has 7 nitrogen and oxygen atoms in total. The molecule has 2 atom stereocenters. The number of nitrogens with zero attached hydrogens (tertiary/aromatic N) is 1. The first-order valence-corrected chi connectivity index (χ1v) is 8.97. The van der Waals surface area contributed by atoms with Crippen molar-refractivity contribution in [1.82, 2.24) is 10.4 Å². The molecule has 1 N–H and O–H groups in total. The molecule has 1 aliphatic rings. The van der Waals surface area contributed by atoms with Gasteiger partial charge in [-0.3, -0.25) is 9.63 Å². The maximum absolute atomic E-state index is 12.8. The van der Waals surface area contributed by atoms with Crippen molar-refractivity contribution in [2.45, 2.75) is 57.9 Å². The van der Waals surface area contributed by atoms with Crippen molar-refractivity contribution in [3.8, 4) is 0 Å². The number of ether oxygens (including phenoxy) is 1. The minimum atomic E-state index is -1.02. The average Bonchev–Trinajstić information content (AvgIpc) is 3.10. The quantitative estimate of drug-likeness (QED) is 0.445. The lowest BCUT2D eigenvalue weighted by atomic mass is 10.1. The highest BCUT2D eigenvalue weighted by Gasteiger charge is 2.39. The van der Waals surface area contributed by atoms with Gasteiger partial charge in [0.2, 0.25) is 5.91 Å². The van der Waals surface area contributed by atoms with E-state index in [4.69, 9.17) is 9.57 Å². The Morgan fingerprint density at radius 1 is 1.33 bits per heavy atom. The van der Waals surface area contributed by atoms with Crippen LogP contribution in [0, 0.1) is 0 Å². The summed E-state index contributed by atoms with van der Waals surface area (Å²) in [6.07, 6.45) is 2.28. The Labute approximate surface area is 159 Å². The van der Waals surface area contributed by atoms with E-state index in [2.05, 4.69) is 5.48 Å². The Kier molecular flexibility index (Phi) is 7.30. The van der Waals surface area contributed by atoms with Crippen molar-refractivity contribution in [1.29, 1.82) is 0 Å². The van der Waals surface area contributed by atoms with Crippen molar-refractivity contribution in [3.05, 3.63) is 42.0 Å². The number of amides is 1. The van der Waals surface area contributed by atoms with Crippen LogP contribution in [0.4, 0.5) is 0 Å². The molecule has 0 aliphatic carbocycles. The molecule has 0 unspecified atom stereocenters. The lowest BCUT2D eigenvalue weighted by Gasteiger charge is -2.29. The number of rotatable bonds is 7. The molecule has 0 saturated carbocycles. The van der Waals surface area contributed by atoms with Crippen LogP contribution in [0.5, 0.6) is 0 Å². The summed E-state index contributed by atoms with van der Waals surface area (Å²) in [7, 11) is 0. The topological polar surface area (TPSA) is 84.9 Å². The Bertz CT molecular complexity index is 692. The van der Waals surface area contributed by atoms with Crippen molar-refractivity contribution in [2.24, 2.45) is 0 Å². The monoisotopic (exact) mass is 374 g/mol. The van der Waals surface area contributed by atoms with Gasteiger partial charge in [-0.15, -0.1) is 0 Å². The second kappa shape index (κ2) is 9.46. The van der Waals surface area contributed by atoms with E-state index in [1.165, 1.54) is 4.90 Å². The van der Waals surface area contributed by atoms with E-state index in [9.17, 15) is 14.4 Å². The van der Waals surface area contributed by atoms with Gasteiger partial charge in [-0.2, -0.15) is 5.48 Å². The van der Waals surface area contributed by atoms with Gasteiger partial charge in [0.15, 0.2) is 0 Å². The molecule has 0 radical (unpaired) electrons. The third-order valence-electron chi connectivity index (χ3n) is 4.01. The number of likely N-dealkylation sites (tertiary alicyclic amines) is 1. The number of carbonyl (C=O) groups excluding carboxylic acids is 3. The Morgan fingerprint density at radius 2 is 2.04 bits per heavy atom. The number of hydroxylamine groups is 1. The van der Waals surface area contributed by atoms with E-state index in [0.29, 0.717) is 19.4 Å². The summed E-state index contributed by atoms with van der Waals surface area (Å²) in [6, 6.07) is 7.73. The molecule has 2 rings (SSSR count). The highest BCUT2D eigenvalue weighted by molar-refractivity contribution is 5.90. The summed E-state index contributed by atoms with van der Waals surface area (Å²) in [5.41, 5.74) is 2.88. The van der Waals surface area contributed by atoms with Crippen LogP contribution in [0.2, 0.25) is 0 Å². The summed E-state index contributed by atoms with van der Waals surface area (Å²) in [5.74, 6) is 0.767. The third kappa shape index (κ3) is 6.32. The zero-order valence-electron chi connectivity index (χ0n) is 15.9. The summed E-state index contributed by atoms with van der Waals surface area (Å²) in [4.78, 5) is 42.9. The molecule has 146 valence electrons. The SMILES string of the molecule is CC(C)(C)OC(=O)[C@@H]1CCCN1C(=O)[C@H](C=C=O)NOCc1ccccc1. The number of hydrogen-bond acceptors (Lipinski definition) is 6. The summed E-state index contributed by atoms with van der Waals surface area (Å²) in [6.45, 7) is 5.99. The van der Waals surface area contributed by atoms with E-state index >= 15 is 0 Å². The molecule has 1 fully saturated rings. The van der Waals surface area contributed by atoms with Gasteiger partial charge >= 0.3 is 5.97 Å². The predicted octanol–water partition coefficient (Wildman–Crippen LogP) is 1.80. The lowest BCUT2D eigenvalue weighted by Crippen LogP contribution is -2.50. The van der Waals surface area contributed by atoms with Crippen LogP contribution in [-0.2, 0) is 30.6 Å². The van der Waals surface area contributed by atoms with Crippen LogP contribution in [0.25, 0.3) is 0 Å². The largest absolute Gasteiger partial charge is 0.458 e. The summed E-state index contributed by atoms with van der Waals surface area (Å²) < 4.78 is 5.41. The molecular formula is C20H26N2O5. The highest BCUT2D eigenvalue weighted by Crippen LogP contribution is 2.22. The molecule has 0 aromatic heterocycles. The Balaban J connectivity index is 1.99. The fraction of sp³-hybridized carbons (Fsp3) is 0.500. The fourth-order valence-electron chi connectivity index (χ4n) is 2.84. The maximum atomic E-state index is 12.8. The fourth-order valence-corrected chi connectivity index (χ4v) is 2.84. The molecule has 1 saturated heterocycles. The second-order valence-electron chi connectivity index (χ2n) is 7.38. The van der Waals surface area contributed by atoms with E-state index in [1.54, 1.807) is 26.7 Å².